The van der Waals surface area contributed by atoms with Crippen LogP contribution in [0.4, 0.5) is 0 Å². The molecule has 6 heteroatoms. The molecule has 0 aliphatic heterocycles. The molecule has 0 amide bonds. The Kier molecular flexibility index (Phi) is 6.30. The summed E-state index contributed by atoms with van der Waals surface area (Å²) < 4.78 is 30.7. The summed E-state index contributed by atoms with van der Waals surface area (Å²) >= 11 is 0. The minimum atomic E-state index is -4.18. The fourth-order valence-electron chi connectivity index (χ4n) is 1.59. The number of aromatic nitrogens is 1. The molecule has 0 saturated heterocycles. The summed E-state index contributed by atoms with van der Waals surface area (Å²) in [5, 5.41) is 8.72. The zero-order valence-corrected chi connectivity index (χ0v) is 11.9. The van der Waals surface area contributed by atoms with Crippen molar-refractivity contribution < 1.29 is 18.1 Å². The molecule has 0 radical (unpaired) electrons. The molecule has 0 saturated carbocycles. The van der Waals surface area contributed by atoms with Crippen molar-refractivity contribution in [1.82, 2.24) is 4.98 Å². The van der Waals surface area contributed by atoms with E-state index in [-0.39, 0.29) is 17.9 Å². The third kappa shape index (κ3) is 5.48. The zero-order valence-electron chi connectivity index (χ0n) is 11.1. The van der Waals surface area contributed by atoms with Crippen LogP contribution in [-0.4, -0.2) is 29.7 Å². The van der Waals surface area contributed by atoms with Crippen molar-refractivity contribution in [2.45, 2.75) is 18.2 Å². The van der Waals surface area contributed by atoms with Gasteiger partial charge in [0.15, 0.2) is 0 Å². The summed E-state index contributed by atoms with van der Waals surface area (Å²) in [4.78, 5) is 3.66. The molecular formula is C14H17NO4S. The van der Waals surface area contributed by atoms with Crippen molar-refractivity contribution in [2.24, 2.45) is 0 Å². The van der Waals surface area contributed by atoms with Crippen molar-refractivity contribution in [1.29, 1.82) is 0 Å². The minimum Gasteiger partial charge on any atom is -0.396 e. The fraction of sp³-hybridized carbons (Fsp3) is 0.214. The third-order valence-corrected chi connectivity index (χ3v) is 3.40. The van der Waals surface area contributed by atoms with Crippen LogP contribution in [0.25, 0.3) is 0 Å². The highest BCUT2D eigenvalue weighted by Gasteiger charge is 2.14. The number of hydrogen-bond donors (Lipinski definition) is 2. The zero-order chi connectivity index (χ0) is 15.0. The molecular weight excluding hydrogens is 278 g/mol. The van der Waals surface area contributed by atoms with E-state index in [1.165, 1.54) is 6.07 Å². The van der Waals surface area contributed by atoms with Crippen molar-refractivity contribution in [3.05, 3.63) is 59.9 Å². The maximum atomic E-state index is 10.9. The number of benzene rings is 1. The first kappa shape index (κ1) is 16.3. The fourth-order valence-corrected chi connectivity index (χ4v) is 2.32. The molecule has 5 nitrogen and oxygen atoms in total. The minimum absolute atomic E-state index is 0.128. The Morgan fingerprint density at radius 1 is 1.15 bits per heavy atom. The van der Waals surface area contributed by atoms with Gasteiger partial charge in [0, 0.05) is 19.0 Å². The number of aliphatic hydroxyl groups excluding tert-OH is 1. The molecule has 1 aromatic carbocycles. The van der Waals surface area contributed by atoms with Gasteiger partial charge in [-0.2, -0.15) is 8.42 Å². The number of aliphatic hydroxyl groups is 1. The Labute approximate surface area is 118 Å². The summed E-state index contributed by atoms with van der Waals surface area (Å²) in [5.41, 5.74) is 1.33. The number of nitrogens with zero attached hydrogens (tertiary/aromatic N) is 1. The molecule has 1 aromatic heterocycles. The average Bonchev–Trinajstić information content (AvgIpc) is 2.40. The maximum absolute atomic E-state index is 10.9. The quantitative estimate of drug-likeness (QED) is 0.844. The second-order valence-corrected chi connectivity index (χ2v) is 5.47. The number of hydrogen-bond acceptors (Lipinski definition) is 4. The maximum Gasteiger partial charge on any atom is 0.294 e. The van der Waals surface area contributed by atoms with Crippen LogP contribution in [0.5, 0.6) is 0 Å². The molecule has 1 heterocycles. The second-order valence-electron chi connectivity index (χ2n) is 4.08. The van der Waals surface area contributed by atoms with Crippen LogP contribution in [0.3, 0.4) is 0 Å². The van der Waals surface area contributed by atoms with Crippen molar-refractivity contribution in [2.75, 3.05) is 6.61 Å². The predicted octanol–water partition coefficient (Wildman–Crippen LogP) is 1.86. The monoisotopic (exact) mass is 295 g/mol. The number of rotatable bonds is 3. The molecule has 20 heavy (non-hydrogen) atoms. The topological polar surface area (TPSA) is 87.5 Å². The lowest BCUT2D eigenvalue weighted by Gasteiger charge is -2.06. The van der Waals surface area contributed by atoms with Crippen LogP contribution in [0, 0.1) is 6.92 Å². The van der Waals surface area contributed by atoms with E-state index in [0.717, 1.165) is 5.56 Å². The van der Waals surface area contributed by atoms with E-state index in [1.54, 1.807) is 24.5 Å². The highest BCUT2D eigenvalue weighted by molar-refractivity contribution is 7.85. The molecule has 2 N–H and O–H groups in total. The summed E-state index contributed by atoms with van der Waals surface area (Å²) in [7, 11) is -4.18. The average molecular weight is 295 g/mol. The van der Waals surface area contributed by atoms with Crippen LogP contribution >= 0.6 is 0 Å². The van der Waals surface area contributed by atoms with Crippen molar-refractivity contribution in [3.63, 3.8) is 0 Å². The Morgan fingerprint density at radius 3 is 2.20 bits per heavy atom. The molecule has 2 rings (SSSR count). The van der Waals surface area contributed by atoms with E-state index < -0.39 is 10.1 Å². The number of pyridine rings is 1. The first-order valence-electron chi connectivity index (χ1n) is 5.98. The SMILES string of the molecule is Cc1ccc(S(=O)(=O)O)c(CCO)c1.c1ccncc1. The summed E-state index contributed by atoms with van der Waals surface area (Å²) in [6, 6.07) is 10.3. The van der Waals surface area contributed by atoms with Crippen LogP contribution in [0.2, 0.25) is 0 Å². The molecule has 108 valence electrons. The lowest BCUT2D eigenvalue weighted by atomic mass is 10.1. The first-order chi connectivity index (χ1) is 9.45. The standard InChI is InChI=1S/C9H12O4S.C5H5N/c1-7-2-3-9(14(11,12)13)8(6-7)4-5-10;1-2-4-6-5-3-1/h2-3,6,10H,4-5H2,1H3,(H,11,12,13);1-5H. The van der Waals surface area contributed by atoms with Gasteiger partial charge in [-0.25, -0.2) is 0 Å². The molecule has 0 unspecified atom stereocenters. The van der Waals surface area contributed by atoms with Crippen molar-refractivity contribution >= 4 is 10.1 Å². The van der Waals surface area contributed by atoms with Crippen LogP contribution < -0.4 is 0 Å². The van der Waals surface area contributed by atoms with E-state index in [9.17, 15) is 8.42 Å². The Bertz CT molecular complexity index is 600. The number of aryl methyl sites for hydroxylation is 1. The highest BCUT2D eigenvalue weighted by Crippen LogP contribution is 2.17. The highest BCUT2D eigenvalue weighted by atomic mass is 32.2. The van der Waals surface area contributed by atoms with Gasteiger partial charge in [-0.3, -0.25) is 9.54 Å². The lowest BCUT2D eigenvalue weighted by Crippen LogP contribution is -2.05. The summed E-state index contributed by atoms with van der Waals surface area (Å²) in [6.45, 7) is 1.67. The van der Waals surface area contributed by atoms with Crippen LogP contribution in [0.15, 0.2) is 53.7 Å². The molecule has 2 aromatic rings. The van der Waals surface area contributed by atoms with Gasteiger partial charge in [0.05, 0.1) is 4.90 Å². The van der Waals surface area contributed by atoms with Gasteiger partial charge in [-0.15, -0.1) is 0 Å². The molecule has 0 fully saturated rings. The Balaban J connectivity index is 0.000000276. The van der Waals surface area contributed by atoms with Crippen LogP contribution in [-0.2, 0) is 16.5 Å². The summed E-state index contributed by atoms with van der Waals surface area (Å²) in [5.74, 6) is 0. The van der Waals surface area contributed by atoms with E-state index >= 15 is 0 Å². The van der Waals surface area contributed by atoms with Crippen molar-refractivity contribution in [3.8, 4) is 0 Å². The normalized spacial score (nSPS) is 10.6. The van der Waals surface area contributed by atoms with Gasteiger partial charge in [0.25, 0.3) is 10.1 Å². The Morgan fingerprint density at radius 2 is 1.80 bits per heavy atom. The van der Waals surface area contributed by atoms with Gasteiger partial charge >= 0.3 is 0 Å². The van der Waals surface area contributed by atoms with E-state index in [2.05, 4.69) is 4.98 Å². The van der Waals surface area contributed by atoms with Gasteiger partial charge in [0.2, 0.25) is 0 Å². The van der Waals surface area contributed by atoms with Gasteiger partial charge in [-0.1, -0.05) is 23.8 Å². The van der Waals surface area contributed by atoms with E-state index in [0.29, 0.717) is 5.56 Å². The van der Waals surface area contributed by atoms with Gasteiger partial charge in [0.1, 0.15) is 0 Å². The second kappa shape index (κ2) is 7.74. The molecule has 0 aliphatic rings. The van der Waals surface area contributed by atoms with Crippen LogP contribution in [0.1, 0.15) is 11.1 Å². The predicted molar refractivity (Wildman–Crippen MR) is 76.0 cm³/mol. The summed E-state index contributed by atoms with van der Waals surface area (Å²) in [6.07, 6.45) is 3.72. The van der Waals surface area contributed by atoms with E-state index in [1.807, 2.05) is 25.1 Å². The van der Waals surface area contributed by atoms with Gasteiger partial charge < -0.3 is 5.11 Å². The molecule has 0 atom stereocenters. The lowest BCUT2D eigenvalue weighted by molar-refractivity contribution is 0.298. The first-order valence-corrected chi connectivity index (χ1v) is 7.42. The molecule has 0 bridgehead atoms. The van der Waals surface area contributed by atoms with Gasteiger partial charge in [-0.05, 0) is 37.1 Å². The third-order valence-electron chi connectivity index (χ3n) is 2.44. The Hall–Kier alpha value is -1.76. The van der Waals surface area contributed by atoms with E-state index in [4.69, 9.17) is 9.66 Å². The largest absolute Gasteiger partial charge is 0.396 e. The molecule has 0 aliphatic carbocycles. The smallest absolute Gasteiger partial charge is 0.294 e. The molecule has 0 spiro atoms.